The molecule has 0 radical (unpaired) electrons. The van der Waals surface area contributed by atoms with Gasteiger partial charge in [0.25, 0.3) is 0 Å². The van der Waals surface area contributed by atoms with Crippen molar-refractivity contribution >= 4 is 5.78 Å². The van der Waals surface area contributed by atoms with Crippen LogP contribution in [0.4, 0.5) is 0 Å². The number of ketones is 1. The fraction of sp³-hybridized carbons (Fsp3) is 0.812. The van der Waals surface area contributed by atoms with Crippen LogP contribution in [0.15, 0.2) is 11.6 Å². The molecule has 2 heteroatoms. The van der Waals surface area contributed by atoms with Crippen molar-refractivity contribution in [1.29, 1.82) is 0 Å². The van der Waals surface area contributed by atoms with Gasteiger partial charge in [0.2, 0.25) is 0 Å². The van der Waals surface area contributed by atoms with Crippen LogP contribution in [0, 0.1) is 23.7 Å². The topological polar surface area (TPSA) is 26.3 Å². The van der Waals surface area contributed by atoms with Crippen LogP contribution in [0.3, 0.4) is 0 Å². The molecule has 0 heterocycles. The first-order valence-corrected chi connectivity index (χ1v) is 7.16. The molecular formula is C16H26O2. The third-order valence-corrected chi connectivity index (χ3v) is 5.33. The summed E-state index contributed by atoms with van der Waals surface area (Å²) in [6.45, 7) is 8.76. The minimum absolute atomic E-state index is 0.122. The average Bonchev–Trinajstić information content (AvgIpc) is 2.32. The lowest BCUT2D eigenvalue weighted by molar-refractivity contribution is -0.132. The van der Waals surface area contributed by atoms with E-state index in [0.29, 0.717) is 35.9 Å². The first-order chi connectivity index (χ1) is 8.39. The second-order valence-electron chi connectivity index (χ2n) is 6.62. The van der Waals surface area contributed by atoms with Crippen LogP contribution in [0.25, 0.3) is 0 Å². The number of Topliss-reactive ketones (excluding diaryl/α,β-unsaturated/α-hetero) is 1. The molecule has 102 valence electrons. The highest BCUT2D eigenvalue weighted by Crippen LogP contribution is 2.50. The molecule has 2 nitrogen and oxygen atoms in total. The Morgan fingerprint density at radius 1 is 1.44 bits per heavy atom. The number of hydrogen-bond donors (Lipinski definition) is 0. The summed E-state index contributed by atoms with van der Waals surface area (Å²) in [5.74, 6) is 2.56. The quantitative estimate of drug-likeness (QED) is 0.748. The van der Waals surface area contributed by atoms with Crippen molar-refractivity contribution in [3.05, 3.63) is 11.6 Å². The van der Waals surface area contributed by atoms with Gasteiger partial charge in [0.05, 0.1) is 5.60 Å². The van der Waals surface area contributed by atoms with Crippen molar-refractivity contribution in [2.24, 2.45) is 23.7 Å². The van der Waals surface area contributed by atoms with E-state index in [1.165, 1.54) is 6.42 Å². The van der Waals surface area contributed by atoms with E-state index >= 15 is 0 Å². The number of methoxy groups -OCH3 is 1. The SMILES string of the molecule is CO[C@@]1(C)CC[C@@H](C(C)C)[C@@H]2C=C(C)C(=O)C[C@@H]21. The van der Waals surface area contributed by atoms with E-state index in [-0.39, 0.29) is 5.60 Å². The highest BCUT2D eigenvalue weighted by Gasteiger charge is 2.49. The molecule has 0 aromatic rings. The minimum Gasteiger partial charge on any atom is -0.378 e. The molecule has 2 aliphatic carbocycles. The van der Waals surface area contributed by atoms with Crippen LogP contribution in [0.2, 0.25) is 0 Å². The summed E-state index contributed by atoms with van der Waals surface area (Å²) in [5.41, 5.74) is 0.838. The van der Waals surface area contributed by atoms with Gasteiger partial charge in [-0.15, -0.1) is 0 Å². The molecular weight excluding hydrogens is 224 g/mol. The number of fused-ring (bicyclic) bond motifs is 1. The van der Waals surface area contributed by atoms with E-state index in [2.05, 4.69) is 26.8 Å². The van der Waals surface area contributed by atoms with Crippen LogP contribution >= 0.6 is 0 Å². The molecule has 1 fully saturated rings. The summed E-state index contributed by atoms with van der Waals surface area (Å²) in [4.78, 5) is 12.0. The minimum atomic E-state index is -0.122. The molecule has 1 saturated carbocycles. The molecule has 0 aliphatic heterocycles. The maximum absolute atomic E-state index is 12.0. The van der Waals surface area contributed by atoms with Gasteiger partial charge in [0.1, 0.15) is 0 Å². The third-order valence-electron chi connectivity index (χ3n) is 5.33. The Bertz CT molecular complexity index is 369. The lowest BCUT2D eigenvalue weighted by Gasteiger charge is -2.50. The molecule has 0 amide bonds. The van der Waals surface area contributed by atoms with Crippen molar-refractivity contribution in [1.82, 2.24) is 0 Å². The van der Waals surface area contributed by atoms with Crippen molar-refractivity contribution in [2.75, 3.05) is 7.11 Å². The Balaban J connectivity index is 2.36. The zero-order valence-electron chi connectivity index (χ0n) is 12.3. The molecule has 0 N–H and O–H groups in total. The predicted molar refractivity (Wildman–Crippen MR) is 73.3 cm³/mol. The van der Waals surface area contributed by atoms with Gasteiger partial charge in [-0.2, -0.15) is 0 Å². The van der Waals surface area contributed by atoms with E-state index < -0.39 is 0 Å². The fourth-order valence-corrected chi connectivity index (χ4v) is 3.90. The molecule has 0 spiro atoms. The largest absolute Gasteiger partial charge is 0.378 e. The second kappa shape index (κ2) is 4.80. The van der Waals surface area contributed by atoms with Gasteiger partial charge in [-0.05, 0) is 50.0 Å². The monoisotopic (exact) mass is 250 g/mol. The maximum Gasteiger partial charge on any atom is 0.158 e. The van der Waals surface area contributed by atoms with Crippen LogP contribution in [0.1, 0.15) is 47.0 Å². The number of allylic oxidation sites excluding steroid dienone is 2. The normalized spacial score (nSPS) is 40.7. The van der Waals surface area contributed by atoms with Gasteiger partial charge in [-0.1, -0.05) is 19.9 Å². The number of carbonyl (C=O) groups is 1. The molecule has 18 heavy (non-hydrogen) atoms. The summed E-state index contributed by atoms with van der Waals surface area (Å²) in [6, 6.07) is 0. The first kappa shape index (κ1) is 13.8. The standard InChI is InChI=1S/C16H26O2/c1-10(2)12-6-7-16(4,18-5)14-9-15(17)11(3)8-13(12)14/h8,10,12-14H,6-7,9H2,1-5H3/t12-,13-,14-,16-/m0/s1. The Morgan fingerprint density at radius 2 is 2.11 bits per heavy atom. The van der Waals surface area contributed by atoms with Crippen molar-refractivity contribution in [2.45, 2.75) is 52.6 Å². The summed E-state index contributed by atoms with van der Waals surface area (Å²) >= 11 is 0. The summed E-state index contributed by atoms with van der Waals surface area (Å²) in [7, 11) is 1.79. The van der Waals surface area contributed by atoms with Gasteiger partial charge in [0.15, 0.2) is 5.78 Å². The first-order valence-electron chi connectivity index (χ1n) is 7.16. The second-order valence-corrected chi connectivity index (χ2v) is 6.62. The van der Waals surface area contributed by atoms with Gasteiger partial charge >= 0.3 is 0 Å². The number of hydrogen-bond acceptors (Lipinski definition) is 2. The average molecular weight is 250 g/mol. The Labute approximate surface area is 111 Å². The van der Waals surface area contributed by atoms with Gasteiger partial charge < -0.3 is 4.74 Å². The molecule has 0 bridgehead atoms. The number of rotatable bonds is 2. The van der Waals surface area contributed by atoms with Gasteiger partial charge in [-0.25, -0.2) is 0 Å². The van der Waals surface area contributed by atoms with Crippen molar-refractivity contribution < 1.29 is 9.53 Å². The zero-order valence-corrected chi connectivity index (χ0v) is 12.3. The fourth-order valence-electron chi connectivity index (χ4n) is 3.90. The lowest BCUT2D eigenvalue weighted by Crippen LogP contribution is -2.50. The van der Waals surface area contributed by atoms with E-state index in [1.54, 1.807) is 7.11 Å². The molecule has 2 aliphatic rings. The Hall–Kier alpha value is -0.630. The summed E-state index contributed by atoms with van der Waals surface area (Å²) in [5, 5.41) is 0. The van der Waals surface area contributed by atoms with Crippen LogP contribution in [-0.4, -0.2) is 18.5 Å². The molecule has 0 saturated heterocycles. The van der Waals surface area contributed by atoms with Crippen LogP contribution in [0.5, 0.6) is 0 Å². The number of carbonyl (C=O) groups excluding carboxylic acids is 1. The summed E-state index contributed by atoms with van der Waals surface area (Å²) < 4.78 is 5.78. The highest BCUT2D eigenvalue weighted by atomic mass is 16.5. The predicted octanol–water partition coefficient (Wildman–Crippen LogP) is 3.61. The summed E-state index contributed by atoms with van der Waals surface area (Å²) in [6.07, 6.45) is 5.19. The molecule has 0 unspecified atom stereocenters. The highest BCUT2D eigenvalue weighted by molar-refractivity contribution is 5.95. The maximum atomic E-state index is 12.0. The molecule has 2 rings (SSSR count). The van der Waals surface area contributed by atoms with Crippen LogP contribution < -0.4 is 0 Å². The van der Waals surface area contributed by atoms with E-state index in [9.17, 15) is 4.79 Å². The zero-order chi connectivity index (χ0) is 13.5. The number of ether oxygens (including phenoxy) is 1. The van der Waals surface area contributed by atoms with E-state index in [1.807, 2.05) is 6.92 Å². The molecule has 4 atom stereocenters. The van der Waals surface area contributed by atoms with Gasteiger partial charge in [0, 0.05) is 19.4 Å². The Kier molecular flexibility index (Phi) is 3.68. The molecule has 0 aromatic heterocycles. The Morgan fingerprint density at radius 3 is 2.67 bits per heavy atom. The molecule has 0 aromatic carbocycles. The van der Waals surface area contributed by atoms with Gasteiger partial charge in [-0.3, -0.25) is 4.79 Å². The van der Waals surface area contributed by atoms with E-state index in [0.717, 1.165) is 12.0 Å². The smallest absolute Gasteiger partial charge is 0.158 e. The van der Waals surface area contributed by atoms with Crippen molar-refractivity contribution in [3.63, 3.8) is 0 Å². The van der Waals surface area contributed by atoms with Crippen LogP contribution in [-0.2, 0) is 9.53 Å². The van der Waals surface area contributed by atoms with E-state index in [4.69, 9.17) is 4.74 Å². The third kappa shape index (κ3) is 2.16. The lowest BCUT2D eigenvalue weighted by atomic mass is 9.58. The van der Waals surface area contributed by atoms with Crippen molar-refractivity contribution in [3.8, 4) is 0 Å².